The molecule has 1 aliphatic rings. The van der Waals surface area contributed by atoms with Crippen molar-refractivity contribution in [2.75, 3.05) is 20.7 Å². The fourth-order valence-corrected chi connectivity index (χ4v) is 4.00. The topological polar surface area (TPSA) is 52.6 Å². The van der Waals surface area contributed by atoms with E-state index in [-0.39, 0.29) is 62.9 Å². The minimum Gasteiger partial charge on any atom is -0.850 e. The van der Waals surface area contributed by atoms with E-state index < -0.39 is 5.60 Å². The molecule has 0 saturated heterocycles. The Labute approximate surface area is 205 Å². The van der Waals surface area contributed by atoms with Gasteiger partial charge in [-0.2, -0.15) is 0 Å². The smallest absolute Gasteiger partial charge is 0.850 e. The zero-order valence-electron chi connectivity index (χ0n) is 17.4. The summed E-state index contributed by atoms with van der Waals surface area (Å²) in [5.41, 5.74) is 0.595. The van der Waals surface area contributed by atoms with E-state index in [1.165, 1.54) is 10.5 Å². The average Bonchev–Trinajstić information content (AvgIpc) is 3.01. The van der Waals surface area contributed by atoms with E-state index >= 15 is 0 Å². The molecule has 0 radical (unpaired) electrons. The second-order valence-electron chi connectivity index (χ2n) is 7.57. The fourth-order valence-electron chi connectivity index (χ4n) is 2.94. The van der Waals surface area contributed by atoms with Crippen LogP contribution in [0.25, 0.3) is 0 Å². The number of allylic oxidation sites excluding steroid dienone is 1. The third-order valence-corrected chi connectivity index (χ3v) is 5.23. The van der Waals surface area contributed by atoms with Gasteiger partial charge in [-0.15, -0.1) is 16.9 Å². The van der Waals surface area contributed by atoms with E-state index in [1.54, 1.807) is 26.8 Å². The number of rotatable bonds is 4. The molecule has 1 heterocycles. The Kier molecular flexibility index (Phi) is 12.3. The first-order valence-electron chi connectivity index (χ1n) is 8.86. The van der Waals surface area contributed by atoms with Crippen molar-refractivity contribution in [2.45, 2.75) is 64.5 Å². The predicted octanol–water partition coefficient (Wildman–Crippen LogP) is 0.718. The van der Waals surface area contributed by atoms with Gasteiger partial charge in [0, 0.05) is 11.0 Å². The Morgan fingerprint density at radius 2 is 1.88 bits per heavy atom. The molecule has 1 aliphatic carbocycles. The van der Waals surface area contributed by atoms with Gasteiger partial charge in [-0.3, -0.25) is 4.90 Å². The van der Waals surface area contributed by atoms with Gasteiger partial charge >= 0.3 is 57.4 Å². The molecule has 1 aromatic heterocycles. The monoisotopic (exact) mass is 405 g/mol. The molecule has 0 amide bonds. The first kappa shape index (κ1) is 26.5. The van der Waals surface area contributed by atoms with Crippen molar-refractivity contribution in [3.05, 3.63) is 34.0 Å². The molecule has 0 bridgehead atoms. The molecule has 6 heteroatoms. The number of esters is 1. The maximum Gasteiger partial charge on any atom is 1.00 e. The normalized spacial score (nSPS) is 19.9. The van der Waals surface area contributed by atoms with E-state index in [1.807, 2.05) is 18.3 Å². The van der Waals surface area contributed by atoms with Crippen molar-refractivity contribution in [3.63, 3.8) is 0 Å². The number of nitrogens with zero attached hydrogens (tertiary/aromatic N) is 1. The molecule has 0 unspecified atom stereocenters. The summed E-state index contributed by atoms with van der Waals surface area (Å²) in [5, 5.41) is 12.2. The molecule has 1 saturated carbocycles. The molecule has 0 aliphatic heterocycles. The summed E-state index contributed by atoms with van der Waals surface area (Å²) in [7, 11) is 4.31. The van der Waals surface area contributed by atoms with Gasteiger partial charge in [-0.1, -0.05) is 32.4 Å². The predicted molar refractivity (Wildman–Crippen MR) is 103 cm³/mol. The van der Waals surface area contributed by atoms with E-state index in [0.29, 0.717) is 6.61 Å². The van der Waals surface area contributed by atoms with E-state index in [0.717, 1.165) is 25.7 Å². The summed E-state index contributed by atoms with van der Waals surface area (Å²) >= 11 is 1.83. The van der Waals surface area contributed by atoms with Crippen molar-refractivity contribution in [1.82, 2.24) is 4.90 Å². The maximum absolute atomic E-state index is 11.5. The SMILES string of the molecule is CC(C)(C)[O-].CCOC(=O)C=C1CCC(c2cccs2)(N(C)C)CC1.[K+]. The Morgan fingerprint density at radius 1 is 1.35 bits per heavy atom. The van der Waals surface area contributed by atoms with Crippen LogP contribution in [0.4, 0.5) is 0 Å². The van der Waals surface area contributed by atoms with Gasteiger partial charge in [0.2, 0.25) is 0 Å². The molecule has 142 valence electrons. The van der Waals surface area contributed by atoms with Crippen LogP contribution >= 0.6 is 11.3 Å². The molecule has 26 heavy (non-hydrogen) atoms. The van der Waals surface area contributed by atoms with Crippen LogP contribution in [0.15, 0.2) is 29.2 Å². The van der Waals surface area contributed by atoms with Crippen molar-refractivity contribution in [3.8, 4) is 0 Å². The molecule has 1 aromatic rings. The molecule has 1 fully saturated rings. The van der Waals surface area contributed by atoms with Gasteiger partial charge in [-0.05, 0) is 58.1 Å². The summed E-state index contributed by atoms with van der Waals surface area (Å²) in [5.74, 6) is -0.198. The number of carbonyl (C=O) groups excluding carboxylic acids is 1. The molecule has 0 atom stereocenters. The van der Waals surface area contributed by atoms with E-state index in [2.05, 4.69) is 36.5 Å². The average molecular weight is 406 g/mol. The second kappa shape index (κ2) is 12.1. The molecule has 2 rings (SSSR count). The number of carbonyl (C=O) groups is 1. The summed E-state index contributed by atoms with van der Waals surface area (Å²) in [6.07, 6.45) is 5.75. The maximum atomic E-state index is 11.5. The van der Waals surface area contributed by atoms with Gasteiger partial charge in [0.25, 0.3) is 0 Å². The van der Waals surface area contributed by atoms with Crippen LogP contribution in [0.3, 0.4) is 0 Å². The van der Waals surface area contributed by atoms with Gasteiger partial charge in [-0.25, -0.2) is 4.79 Å². The minimum absolute atomic E-state index is 0. The third-order valence-electron chi connectivity index (χ3n) is 4.16. The summed E-state index contributed by atoms with van der Waals surface area (Å²) < 4.78 is 4.99. The van der Waals surface area contributed by atoms with Crippen LogP contribution in [-0.2, 0) is 15.1 Å². The van der Waals surface area contributed by atoms with Crippen LogP contribution in [0.1, 0.15) is 58.3 Å². The quantitative estimate of drug-likeness (QED) is 0.421. The molecular formula is C20H32KNO3S. The molecule has 0 N–H and O–H groups in total. The molecule has 0 spiro atoms. The molecule has 0 aromatic carbocycles. The van der Waals surface area contributed by atoms with Crippen molar-refractivity contribution >= 4 is 17.3 Å². The summed E-state index contributed by atoms with van der Waals surface area (Å²) in [6.45, 7) is 7.18. The Hall–Kier alpha value is 0.466. The number of hydrogen-bond donors (Lipinski definition) is 0. The van der Waals surface area contributed by atoms with Crippen LogP contribution in [0.5, 0.6) is 0 Å². The standard InChI is InChI=1S/C16H23NO2S.C4H9O.K/c1-4-19-15(18)12-13-7-9-16(10-8-13,17(2)3)14-6-5-11-20-14;1-4(2,3)5;/h5-6,11-12H,4,7-10H2,1-3H3;1-3H3;/q;-1;+1. The second-order valence-corrected chi connectivity index (χ2v) is 8.52. The zero-order chi connectivity index (χ0) is 19.1. The Morgan fingerprint density at radius 3 is 2.27 bits per heavy atom. The molecule has 4 nitrogen and oxygen atoms in total. The fraction of sp³-hybridized carbons (Fsp3) is 0.650. The minimum atomic E-state index is -0.750. The van der Waals surface area contributed by atoms with Crippen molar-refractivity contribution in [2.24, 2.45) is 0 Å². The number of ether oxygens (including phenoxy) is 1. The van der Waals surface area contributed by atoms with Crippen LogP contribution in [-0.4, -0.2) is 37.2 Å². The van der Waals surface area contributed by atoms with Crippen LogP contribution in [0, 0.1) is 0 Å². The van der Waals surface area contributed by atoms with Gasteiger partial charge in [0.05, 0.1) is 12.1 Å². The molecular weight excluding hydrogens is 373 g/mol. The number of hydrogen-bond acceptors (Lipinski definition) is 5. The van der Waals surface area contributed by atoms with Crippen molar-refractivity contribution in [1.29, 1.82) is 0 Å². The largest absolute Gasteiger partial charge is 1.00 e. The Balaban J connectivity index is 0.000000923. The summed E-state index contributed by atoms with van der Waals surface area (Å²) in [6, 6.07) is 4.35. The zero-order valence-corrected chi connectivity index (χ0v) is 21.4. The van der Waals surface area contributed by atoms with Crippen LogP contribution in [0.2, 0.25) is 0 Å². The van der Waals surface area contributed by atoms with Gasteiger partial charge in [0.15, 0.2) is 0 Å². The van der Waals surface area contributed by atoms with Crippen LogP contribution < -0.4 is 56.5 Å². The summed E-state index contributed by atoms with van der Waals surface area (Å²) in [4.78, 5) is 15.3. The third kappa shape index (κ3) is 9.11. The first-order chi connectivity index (χ1) is 11.6. The first-order valence-corrected chi connectivity index (χ1v) is 9.74. The Bertz CT molecular complexity index is 546. The van der Waals surface area contributed by atoms with E-state index in [9.17, 15) is 9.90 Å². The van der Waals surface area contributed by atoms with Crippen molar-refractivity contribution < 1.29 is 66.0 Å². The van der Waals surface area contributed by atoms with Gasteiger partial charge < -0.3 is 9.84 Å². The number of thiophene rings is 1. The van der Waals surface area contributed by atoms with Gasteiger partial charge in [0.1, 0.15) is 0 Å². The van der Waals surface area contributed by atoms with E-state index in [4.69, 9.17) is 4.74 Å².